The summed E-state index contributed by atoms with van der Waals surface area (Å²) < 4.78 is 0. The van der Waals surface area contributed by atoms with E-state index in [4.69, 9.17) is 0 Å². The molecule has 1 aromatic rings. The van der Waals surface area contributed by atoms with E-state index in [1.807, 2.05) is 24.3 Å². The van der Waals surface area contributed by atoms with Gasteiger partial charge in [-0.15, -0.1) is 0 Å². The van der Waals surface area contributed by atoms with E-state index in [1.165, 1.54) is 18.4 Å². The summed E-state index contributed by atoms with van der Waals surface area (Å²) in [5.41, 5.74) is 2.02. The van der Waals surface area contributed by atoms with Crippen LogP contribution in [0, 0.1) is 0 Å². The fourth-order valence-corrected chi connectivity index (χ4v) is 2.36. The molecule has 1 saturated heterocycles. The molecule has 0 saturated carbocycles. The molecule has 1 aromatic carbocycles. The first-order valence-electron chi connectivity index (χ1n) is 6.90. The summed E-state index contributed by atoms with van der Waals surface area (Å²) in [6, 6.07) is 8.44. The third-order valence-electron chi connectivity index (χ3n) is 3.57. The van der Waals surface area contributed by atoms with E-state index in [9.17, 15) is 4.79 Å². The molecule has 1 atom stereocenters. The molecule has 0 unspecified atom stereocenters. The molecule has 98 valence electrons. The Morgan fingerprint density at radius 2 is 2.17 bits per heavy atom. The number of benzene rings is 1. The molecule has 0 aliphatic carbocycles. The van der Waals surface area contributed by atoms with Crippen LogP contribution in [0.5, 0.6) is 0 Å². The van der Waals surface area contributed by atoms with Crippen LogP contribution in [0.4, 0.5) is 0 Å². The Kier molecular flexibility index (Phi) is 4.76. The van der Waals surface area contributed by atoms with Gasteiger partial charge in [0, 0.05) is 18.2 Å². The quantitative estimate of drug-likeness (QED) is 0.835. The zero-order chi connectivity index (χ0) is 12.8. The summed E-state index contributed by atoms with van der Waals surface area (Å²) >= 11 is 0. The second-order valence-corrected chi connectivity index (χ2v) is 4.89. The lowest BCUT2D eigenvalue weighted by Gasteiger charge is -2.10. The van der Waals surface area contributed by atoms with Crippen molar-refractivity contribution in [2.45, 2.75) is 38.6 Å². The summed E-state index contributed by atoms with van der Waals surface area (Å²) in [6.45, 7) is 3.99. The van der Waals surface area contributed by atoms with Crippen molar-refractivity contribution < 1.29 is 4.79 Å². The Labute approximate surface area is 109 Å². The monoisotopic (exact) mass is 246 g/mol. The van der Waals surface area contributed by atoms with Crippen LogP contribution in [0.3, 0.4) is 0 Å². The molecule has 1 aliphatic heterocycles. The van der Waals surface area contributed by atoms with E-state index in [-0.39, 0.29) is 5.91 Å². The van der Waals surface area contributed by atoms with Gasteiger partial charge < -0.3 is 10.6 Å². The minimum atomic E-state index is 0.0376. The summed E-state index contributed by atoms with van der Waals surface area (Å²) in [5, 5.41) is 6.42. The molecule has 2 rings (SSSR count). The molecule has 1 aliphatic rings. The van der Waals surface area contributed by atoms with Gasteiger partial charge >= 0.3 is 0 Å². The predicted molar refractivity (Wildman–Crippen MR) is 73.8 cm³/mol. The Balaban J connectivity index is 1.76. The van der Waals surface area contributed by atoms with E-state index in [0.717, 1.165) is 31.5 Å². The SMILES string of the molecule is CCc1ccc(C(=O)NCC[C@H]2CCCN2)cc1. The molecule has 1 amide bonds. The van der Waals surface area contributed by atoms with Gasteiger partial charge in [-0.3, -0.25) is 4.79 Å². The molecule has 0 bridgehead atoms. The molecule has 3 heteroatoms. The summed E-state index contributed by atoms with van der Waals surface area (Å²) in [4.78, 5) is 11.9. The molecule has 18 heavy (non-hydrogen) atoms. The van der Waals surface area contributed by atoms with Crippen LogP contribution in [0.15, 0.2) is 24.3 Å². The summed E-state index contributed by atoms with van der Waals surface area (Å²) in [5.74, 6) is 0.0376. The van der Waals surface area contributed by atoms with Crippen molar-refractivity contribution in [1.82, 2.24) is 10.6 Å². The lowest BCUT2D eigenvalue weighted by molar-refractivity contribution is 0.0952. The molecule has 1 fully saturated rings. The highest BCUT2D eigenvalue weighted by Crippen LogP contribution is 2.08. The number of carbonyl (C=O) groups excluding carboxylic acids is 1. The number of nitrogens with one attached hydrogen (secondary N) is 2. The second-order valence-electron chi connectivity index (χ2n) is 4.89. The number of hydrogen-bond acceptors (Lipinski definition) is 2. The van der Waals surface area contributed by atoms with Gasteiger partial charge in [0.15, 0.2) is 0 Å². The van der Waals surface area contributed by atoms with E-state index < -0.39 is 0 Å². The first-order chi connectivity index (χ1) is 8.79. The van der Waals surface area contributed by atoms with Crippen molar-refractivity contribution in [3.8, 4) is 0 Å². The van der Waals surface area contributed by atoms with E-state index in [1.54, 1.807) is 0 Å². The number of rotatable bonds is 5. The third-order valence-corrected chi connectivity index (χ3v) is 3.57. The standard InChI is InChI=1S/C15H22N2O/c1-2-12-5-7-13(8-6-12)15(18)17-11-9-14-4-3-10-16-14/h5-8,14,16H,2-4,9-11H2,1H3,(H,17,18)/t14-/m1/s1. The Bertz CT molecular complexity index is 380. The molecular weight excluding hydrogens is 224 g/mol. The van der Waals surface area contributed by atoms with Gasteiger partial charge in [-0.2, -0.15) is 0 Å². The van der Waals surface area contributed by atoms with Gasteiger partial charge in [-0.05, 0) is 49.9 Å². The van der Waals surface area contributed by atoms with Gasteiger partial charge in [0.25, 0.3) is 5.91 Å². The van der Waals surface area contributed by atoms with Crippen molar-refractivity contribution in [2.75, 3.05) is 13.1 Å². The van der Waals surface area contributed by atoms with Gasteiger partial charge in [0.05, 0.1) is 0 Å². The maximum Gasteiger partial charge on any atom is 0.251 e. The highest BCUT2D eigenvalue weighted by Gasteiger charge is 2.13. The first kappa shape index (κ1) is 13.1. The van der Waals surface area contributed by atoms with Gasteiger partial charge in [0.2, 0.25) is 0 Å². The highest BCUT2D eigenvalue weighted by atomic mass is 16.1. The van der Waals surface area contributed by atoms with Crippen LogP contribution in [-0.2, 0) is 6.42 Å². The third kappa shape index (κ3) is 3.57. The average molecular weight is 246 g/mol. The number of carbonyl (C=O) groups is 1. The highest BCUT2D eigenvalue weighted by molar-refractivity contribution is 5.94. The first-order valence-corrected chi connectivity index (χ1v) is 6.90. The molecule has 0 spiro atoms. The van der Waals surface area contributed by atoms with E-state index >= 15 is 0 Å². The minimum Gasteiger partial charge on any atom is -0.352 e. The Morgan fingerprint density at radius 1 is 1.39 bits per heavy atom. The fraction of sp³-hybridized carbons (Fsp3) is 0.533. The van der Waals surface area contributed by atoms with Gasteiger partial charge in [0.1, 0.15) is 0 Å². The zero-order valence-corrected chi connectivity index (χ0v) is 11.0. The molecular formula is C15H22N2O. The van der Waals surface area contributed by atoms with Crippen LogP contribution in [-0.4, -0.2) is 25.0 Å². The van der Waals surface area contributed by atoms with Crippen LogP contribution in [0.2, 0.25) is 0 Å². The topological polar surface area (TPSA) is 41.1 Å². The normalized spacial score (nSPS) is 18.8. The molecule has 0 radical (unpaired) electrons. The maximum atomic E-state index is 11.9. The summed E-state index contributed by atoms with van der Waals surface area (Å²) in [6.07, 6.45) is 4.53. The van der Waals surface area contributed by atoms with E-state index in [2.05, 4.69) is 17.6 Å². The van der Waals surface area contributed by atoms with Crippen molar-refractivity contribution in [3.05, 3.63) is 35.4 Å². The second kappa shape index (κ2) is 6.55. The number of amides is 1. The number of aryl methyl sites for hydroxylation is 1. The zero-order valence-electron chi connectivity index (χ0n) is 11.0. The largest absolute Gasteiger partial charge is 0.352 e. The van der Waals surface area contributed by atoms with Crippen molar-refractivity contribution in [3.63, 3.8) is 0 Å². The molecule has 3 nitrogen and oxygen atoms in total. The summed E-state index contributed by atoms with van der Waals surface area (Å²) in [7, 11) is 0. The van der Waals surface area contributed by atoms with Crippen LogP contribution in [0.1, 0.15) is 42.1 Å². The predicted octanol–water partition coefficient (Wildman–Crippen LogP) is 2.12. The Morgan fingerprint density at radius 3 is 2.78 bits per heavy atom. The lowest BCUT2D eigenvalue weighted by Crippen LogP contribution is -2.30. The van der Waals surface area contributed by atoms with E-state index in [0.29, 0.717) is 6.04 Å². The van der Waals surface area contributed by atoms with Gasteiger partial charge in [-0.1, -0.05) is 19.1 Å². The molecule has 0 aromatic heterocycles. The van der Waals surface area contributed by atoms with Crippen molar-refractivity contribution in [2.24, 2.45) is 0 Å². The van der Waals surface area contributed by atoms with Crippen LogP contribution >= 0.6 is 0 Å². The number of hydrogen-bond donors (Lipinski definition) is 2. The smallest absolute Gasteiger partial charge is 0.251 e. The minimum absolute atomic E-state index is 0.0376. The van der Waals surface area contributed by atoms with Crippen molar-refractivity contribution >= 4 is 5.91 Å². The van der Waals surface area contributed by atoms with Gasteiger partial charge in [-0.25, -0.2) is 0 Å². The Hall–Kier alpha value is -1.35. The lowest BCUT2D eigenvalue weighted by atomic mass is 10.1. The van der Waals surface area contributed by atoms with Crippen LogP contribution < -0.4 is 10.6 Å². The molecule has 2 N–H and O–H groups in total. The van der Waals surface area contributed by atoms with Crippen molar-refractivity contribution in [1.29, 1.82) is 0 Å². The fourth-order valence-electron chi connectivity index (χ4n) is 2.36. The maximum absolute atomic E-state index is 11.9. The van der Waals surface area contributed by atoms with Crippen LogP contribution in [0.25, 0.3) is 0 Å². The molecule has 1 heterocycles. The average Bonchev–Trinajstić information content (AvgIpc) is 2.92.